The SMILES string of the molecule is C[C@@H]1CN(CCCCCCO)C(C)(C)C1. The maximum atomic E-state index is 8.68. The molecule has 0 aromatic rings. The first kappa shape index (κ1) is 13.0. The van der Waals surface area contributed by atoms with Crippen molar-refractivity contribution in [2.24, 2.45) is 5.92 Å². The van der Waals surface area contributed by atoms with Gasteiger partial charge in [-0.25, -0.2) is 0 Å². The molecule has 1 aliphatic rings. The Bertz CT molecular complexity index is 179. The monoisotopic (exact) mass is 213 g/mol. The Kier molecular flexibility index (Phi) is 5.07. The molecule has 0 aromatic carbocycles. The predicted octanol–water partition coefficient (Wildman–Crippen LogP) is 2.66. The second kappa shape index (κ2) is 5.86. The number of nitrogens with zero attached hydrogens (tertiary/aromatic N) is 1. The molecule has 0 unspecified atom stereocenters. The van der Waals surface area contributed by atoms with Crippen LogP contribution in [0.3, 0.4) is 0 Å². The van der Waals surface area contributed by atoms with Gasteiger partial charge in [-0.05, 0) is 45.6 Å². The Morgan fingerprint density at radius 1 is 1.20 bits per heavy atom. The summed E-state index contributed by atoms with van der Waals surface area (Å²) in [6.07, 6.45) is 6.04. The molecule has 90 valence electrons. The smallest absolute Gasteiger partial charge is 0.0431 e. The molecule has 15 heavy (non-hydrogen) atoms. The van der Waals surface area contributed by atoms with Crippen LogP contribution >= 0.6 is 0 Å². The molecular weight excluding hydrogens is 186 g/mol. The summed E-state index contributed by atoms with van der Waals surface area (Å²) in [5.41, 5.74) is 0.413. The summed E-state index contributed by atoms with van der Waals surface area (Å²) in [5.74, 6) is 0.859. The first-order valence-electron chi connectivity index (χ1n) is 6.42. The van der Waals surface area contributed by atoms with Crippen molar-refractivity contribution in [3.8, 4) is 0 Å². The van der Waals surface area contributed by atoms with Crippen LogP contribution in [0.25, 0.3) is 0 Å². The van der Waals surface area contributed by atoms with Gasteiger partial charge in [0.25, 0.3) is 0 Å². The molecule has 1 heterocycles. The van der Waals surface area contributed by atoms with Crippen LogP contribution in [0.1, 0.15) is 52.9 Å². The summed E-state index contributed by atoms with van der Waals surface area (Å²) in [7, 11) is 0. The Morgan fingerprint density at radius 2 is 1.87 bits per heavy atom. The number of likely N-dealkylation sites (tertiary alicyclic amines) is 1. The zero-order valence-electron chi connectivity index (χ0n) is 10.6. The van der Waals surface area contributed by atoms with E-state index in [1.54, 1.807) is 0 Å². The summed E-state index contributed by atoms with van der Waals surface area (Å²) in [6, 6.07) is 0. The number of unbranched alkanes of at least 4 members (excludes halogenated alkanes) is 3. The van der Waals surface area contributed by atoms with E-state index >= 15 is 0 Å². The quantitative estimate of drug-likeness (QED) is 0.686. The van der Waals surface area contributed by atoms with Gasteiger partial charge in [-0.2, -0.15) is 0 Å². The molecule has 0 amide bonds. The summed E-state index contributed by atoms with van der Waals surface area (Å²) in [5, 5.41) is 8.68. The van der Waals surface area contributed by atoms with Gasteiger partial charge in [0.1, 0.15) is 0 Å². The minimum absolute atomic E-state index is 0.353. The van der Waals surface area contributed by atoms with E-state index in [0.29, 0.717) is 12.1 Å². The van der Waals surface area contributed by atoms with Crippen molar-refractivity contribution in [3.05, 3.63) is 0 Å². The highest BCUT2D eigenvalue weighted by Crippen LogP contribution is 2.32. The molecule has 2 heteroatoms. The van der Waals surface area contributed by atoms with Crippen molar-refractivity contribution in [2.75, 3.05) is 19.7 Å². The third-order valence-electron chi connectivity index (χ3n) is 3.57. The minimum atomic E-state index is 0.353. The summed E-state index contributed by atoms with van der Waals surface area (Å²) in [4.78, 5) is 2.64. The molecule has 1 atom stereocenters. The van der Waals surface area contributed by atoms with Crippen LogP contribution in [0, 0.1) is 5.92 Å². The van der Waals surface area contributed by atoms with Crippen molar-refractivity contribution in [3.63, 3.8) is 0 Å². The zero-order chi connectivity index (χ0) is 11.3. The van der Waals surface area contributed by atoms with Crippen molar-refractivity contribution in [1.29, 1.82) is 0 Å². The van der Waals surface area contributed by atoms with Crippen LogP contribution in [0.2, 0.25) is 0 Å². The lowest BCUT2D eigenvalue weighted by molar-refractivity contribution is 0.170. The number of aliphatic hydroxyl groups is 1. The van der Waals surface area contributed by atoms with E-state index in [0.717, 1.165) is 12.3 Å². The van der Waals surface area contributed by atoms with Gasteiger partial charge in [-0.15, -0.1) is 0 Å². The van der Waals surface area contributed by atoms with Crippen molar-refractivity contribution in [1.82, 2.24) is 4.90 Å². The second-order valence-electron chi connectivity index (χ2n) is 5.71. The van der Waals surface area contributed by atoms with E-state index in [-0.39, 0.29) is 0 Å². The molecule has 1 rings (SSSR count). The third-order valence-corrected chi connectivity index (χ3v) is 3.57. The van der Waals surface area contributed by atoms with E-state index < -0.39 is 0 Å². The largest absolute Gasteiger partial charge is 0.396 e. The molecular formula is C13H27NO. The first-order chi connectivity index (χ1) is 7.06. The third kappa shape index (κ3) is 4.12. The van der Waals surface area contributed by atoms with Gasteiger partial charge in [0.15, 0.2) is 0 Å². The van der Waals surface area contributed by atoms with E-state index in [1.807, 2.05) is 0 Å². The van der Waals surface area contributed by atoms with E-state index in [9.17, 15) is 0 Å². The molecule has 1 N–H and O–H groups in total. The first-order valence-corrected chi connectivity index (χ1v) is 6.42. The fraction of sp³-hybridized carbons (Fsp3) is 1.00. The van der Waals surface area contributed by atoms with Gasteiger partial charge in [0.05, 0.1) is 0 Å². The number of aliphatic hydroxyl groups excluding tert-OH is 1. The highest BCUT2D eigenvalue weighted by Gasteiger charge is 2.35. The Hall–Kier alpha value is -0.0800. The van der Waals surface area contributed by atoms with Crippen LogP contribution in [-0.4, -0.2) is 35.2 Å². The van der Waals surface area contributed by atoms with Crippen LogP contribution < -0.4 is 0 Å². The highest BCUT2D eigenvalue weighted by atomic mass is 16.2. The molecule has 1 fully saturated rings. The molecule has 0 bridgehead atoms. The van der Waals surface area contributed by atoms with E-state index in [1.165, 1.54) is 38.8 Å². The van der Waals surface area contributed by atoms with Crippen LogP contribution in [0.5, 0.6) is 0 Å². The van der Waals surface area contributed by atoms with Crippen LogP contribution in [-0.2, 0) is 0 Å². The van der Waals surface area contributed by atoms with Crippen molar-refractivity contribution in [2.45, 2.75) is 58.4 Å². The molecule has 0 radical (unpaired) electrons. The van der Waals surface area contributed by atoms with Crippen LogP contribution in [0.15, 0.2) is 0 Å². The molecule has 0 saturated carbocycles. The topological polar surface area (TPSA) is 23.5 Å². The van der Waals surface area contributed by atoms with Crippen molar-refractivity contribution < 1.29 is 5.11 Å². The Balaban J connectivity index is 2.15. The lowest BCUT2D eigenvalue weighted by Crippen LogP contribution is -2.38. The molecule has 2 nitrogen and oxygen atoms in total. The van der Waals surface area contributed by atoms with Gasteiger partial charge in [0, 0.05) is 18.7 Å². The molecule has 0 aliphatic carbocycles. The summed E-state index contributed by atoms with van der Waals surface area (Å²) < 4.78 is 0. The normalized spacial score (nSPS) is 26.0. The van der Waals surface area contributed by atoms with Crippen LogP contribution in [0.4, 0.5) is 0 Å². The lowest BCUT2D eigenvalue weighted by atomic mass is 9.97. The highest BCUT2D eigenvalue weighted by molar-refractivity contribution is 4.90. The fourth-order valence-electron chi connectivity index (χ4n) is 2.83. The number of hydrogen-bond acceptors (Lipinski definition) is 2. The fourth-order valence-corrected chi connectivity index (χ4v) is 2.83. The van der Waals surface area contributed by atoms with Crippen molar-refractivity contribution >= 4 is 0 Å². The predicted molar refractivity (Wildman–Crippen MR) is 65.0 cm³/mol. The van der Waals surface area contributed by atoms with Gasteiger partial charge in [-0.1, -0.05) is 19.8 Å². The van der Waals surface area contributed by atoms with Gasteiger partial charge in [-0.3, -0.25) is 4.90 Å². The maximum Gasteiger partial charge on any atom is 0.0431 e. The number of hydrogen-bond donors (Lipinski definition) is 1. The standard InChI is InChI=1S/C13H27NO/c1-12-10-13(2,3)14(11-12)8-6-4-5-7-9-15/h12,15H,4-11H2,1-3H3/t12-/m0/s1. The van der Waals surface area contributed by atoms with E-state index in [2.05, 4.69) is 25.7 Å². The Labute approximate surface area is 94.7 Å². The average Bonchev–Trinajstić information content (AvgIpc) is 2.39. The second-order valence-corrected chi connectivity index (χ2v) is 5.71. The molecule has 1 aliphatic heterocycles. The lowest BCUT2D eigenvalue weighted by Gasteiger charge is -2.31. The van der Waals surface area contributed by atoms with Gasteiger partial charge in [0.2, 0.25) is 0 Å². The average molecular weight is 213 g/mol. The maximum absolute atomic E-state index is 8.68. The van der Waals surface area contributed by atoms with E-state index in [4.69, 9.17) is 5.11 Å². The minimum Gasteiger partial charge on any atom is -0.396 e. The molecule has 0 aromatic heterocycles. The molecule has 0 spiro atoms. The zero-order valence-corrected chi connectivity index (χ0v) is 10.6. The Morgan fingerprint density at radius 3 is 2.40 bits per heavy atom. The number of rotatable bonds is 6. The molecule has 1 saturated heterocycles. The van der Waals surface area contributed by atoms with Gasteiger partial charge >= 0.3 is 0 Å². The summed E-state index contributed by atoms with van der Waals surface area (Å²) in [6.45, 7) is 9.95. The summed E-state index contributed by atoms with van der Waals surface area (Å²) >= 11 is 0. The van der Waals surface area contributed by atoms with Gasteiger partial charge < -0.3 is 5.11 Å².